The summed E-state index contributed by atoms with van der Waals surface area (Å²) in [4.78, 5) is 2.36. The molecular weight excluding hydrogens is 725 g/mol. The Hall–Kier alpha value is -7.42. The molecule has 292 valence electrons. The van der Waals surface area contributed by atoms with Crippen LogP contribution >= 0.6 is 0 Å². The highest BCUT2D eigenvalue weighted by Crippen LogP contribution is 2.41. The van der Waals surface area contributed by atoms with Gasteiger partial charge >= 0.3 is 0 Å². The van der Waals surface area contributed by atoms with Crippen LogP contribution in [0.2, 0.25) is 0 Å². The van der Waals surface area contributed by atoms with Gasteiger partial charge in [-0.1, -0.05) is 189 Å². The number of nitrogens with one attached hydrogen (secondary N) is 1. The highest BCUT2D eigenvalue weighted by molar-refractivity contribution is 5.86. The van der Waals surface area contributed by atoms with Gasteiger partial charge in [0.1, 0.15) is 0 Å². The van der Waals surface area contributed by atoms with E-state index in [0.29, 0.717) is 0 Å². The molecule has 2 nitrogen and oxygen atoms in total. The largest absolute Gasteiger partial charge is 0.355 e. The summed E-state index contributed by atoms with van der Waals surface area (Å²) in [5.74, 6) is 0. The Labute approximate surface area is 356 Å². The smallest absolute Gasteiger partial charge is 0.0488 e. The zero-order valence-corrected chi connectivity index (χ0v) is 34.2. The Morgan fingerprint density at radius 1 is 0.450 bits per heavy atom. The molecule has 0 bridgehead atoms. The van der Waals surface area contributed by atoms with E-state index in [0.717, 1.165) is 58.8 Å². The van der Waals surface area contributed by atoms with Crippen LogP contribution in [0.15, 0.2) is 237 Å². The van der Waals surface area contributed by atoms with Gasteiger partial charge in [0.15, 0.2) is 0 Å². The fourth-order valence-electron chi connectivity index (χ4n) is 7.70. The molecule has 8 aromatic carbocycles. The zero-order chi connectivity index (χ0) is 40.9. The molecule has 0 fully saturated rings. The second-order valence-electron chi connectivity index (χ2n) is 14.9. The summed E-state index contributed by atoms with van der Waals surface area (Å²) in [5.41, 5.74) is 17.1. The van der Waals surface area contributed by atoms with Gasteiger partial charge in [0.2, 0.25) is 0 Å². The van der Waals surface area contributed by atoms with E-state index >= 15 is 0 Å². The van der Waals surface area contributed by atoms with Crippen molar-refractivity contribution in [1.82, 2.24) is 0 Å². The molecule has 2 heteroatoms. The molecule has 0 aliphatic heterocycles. The van der Waals surface area contributed by atoms with Crippen molar-refractivity contribution in [2.24, 2.45) is 0 Å². The first-order valence-electron chi connectivity index (χ1n) is 20.9. The predicted octanol–water partition coefficient (Wildman–Crippen LogP) is 16.9. The Balaban J connectivity index is 1.20. The number of hydrogen-bond donors (Lipinski definition) is 1. The van der Waals surface area contributed by atoms with Gasteiger partial charge in [-0.15, -0.1) is 0 Å². The van der Waals surface area contributed by atoms with Crippen molar-refractivity contribution in [3.8, 4) is 44.5 Å². The van der Waals surface area contributed by atoms with Gasteiger partial charge in [0, 0.05) is 28.4 Å². The van der Waals surface area contributed by atoms with E-state index in [1.54, 1.807) is 0 Å². The molecule has 8 rings (SSSR count). The first-order valence-corrected chi connectivity index (χ1v) is 20.9. The van der Waals surface area contributed by atoms with Crippen molar-refractivity contribution in [3.63, 3.8) is 0 Å². The lowest BCUT2D eigenvalue weighted by molar-refractivity contribution is 1.05. The molecule has 0 saturated heterocycles. The summed E-state index contributed by atoms with van der Waals surface area (Å²) in [7, 11) is 0. The summed E-state index contributed by atoms with van der Waals surface area (Å²) in [6.07, 6.45) is 11.6. The predicted molar refractivity (Wildman–Crippen MR) is 259 cm³/mol. The van der Waals surface area contributed by atoms with Gasteiger partial charge in [-0.3, -0.25) is 0 Å². The maximum absolute atomic E-state index is 3.99. The van der Waals surface area contributed by atoms with Crippen LogP contribution in [0, 0.1) is 0 Å². The van der Waals surface area contributed by atoms with E-state index in [-0.39, 0.29) is 0 Å². The minimum atomic E-state index is 0.970. The average molecular weight is 775 g/mol. The van der Waals surface area contributed by atoms with Gasteiger partial charge in [-0.2, -0.15) is 0 Å². The van der Waals surface area contributed by atoms with E-state index in [4.69, 9.17) is 0 Å². The molecule has 0 radical (unpaired) electrons. The zero-order valence-electron chi connectivity index (χ0n) is 34.2. The molecule has 0 aliphatic carbocycles. The lowest BCUT2D eigenvalue weighted by Crippen LogP contribution is -2.10. The normalized spacial score (nSPS) is 11.4. The average Bonchev–Trinajstić information content (AvgIpc) is 3.32. The highest BCUT2D eigenvalue weighted by atomic mass is 15.1. The Morgan fingerprint density at radius 2 is 0.900 bits per heavy atom. The summed E-state index contributed by atoms with van der Waals surface area (Å²) in [6, 6.07) is 74.0. The maximum Gasteiger partial charge on any atom is 0.0488 e. The van der Waals surface area contributed by atoms with Crippen LogP contribution in [-0.2, 0) is 0 Å². The fourth-order valence-corrected chi connectivity index (χ4v) is 7.70. The van der Waals surface area contributed by atoms with Crippen molar-refractivity contribution >= 4 is 34.0 Å². The first-order chi connectivity index (χ1) is 29.6. The van der Waals surface area contributed by atoms with Crippen LogP contribution in [0.4, 0.5) is 28.4 Å². The van der Waals surface area contributed by atoms with Gasteiger partial charge < -0.3 is 10.2 Å². The molecule has 0 unspecified atom stereocenters. The molecule has 1 N–H and O–H groups in total. The van der Waals surface area contributed by atoms with E-state index in [2.05, 4.69) is 248 Å². The highest BCUT2D eigenvalue weighted by Gasteiger charge is 2.17. The minimum absolute atomic E-state index is 0.970. The SMILES string of the molecule is C=C/C=C(\CC/C=C\CC)c1ccc(Nc2cc(-c3ccc(-c4ccccc4)cc3)cc(N(c3ccc(-c4ccccc4)cc3)c3ccc(-c4ccccc4)cc3)c2)cc1. The van der Waals surface area contributed by atoms with Crippen molar-refractivity contribution < 1.29 is 0 Å². The van der Waals surface area contributed by atoms with Crippen molar-refractivity contribution in [2.45, 2.75) is 26.2 Å². The fraction of sp³-hybridized carbons (Fsp3) is 0.0690. The standard InChI is InChI=1S/C58H50N2/c1-3-5-6-10-18-44(17-4-2)49-29-35-54(36-30-49)59-55-41-53(52-27-25-48(26-28-52)45-19-11-7-12-20-45)42-58(43-55)60(56-37-31-50(32-38-56)46-21-13-8-14-22-46)57-39-33-51(34-40-57)47-23-15-9-16-24-47/h4-9,11-17,19-43,59H,2-3,10,18H2,1H3/b6-5-,44-17+. The van der Waals surface area contributed by atoms with Crippen LogP contribution in [-0.4, -0.2) is 0 Å². The van der Waals surface area contributed by atoms with Gasteiger partial charge in [-0.05, 0) is 130 Å². The Bertz CT molecular complexity index is 2580. The molecule has 60 heavy (non-hydrogen) atoms. The molecule has 0 heterocycles. The molecule has 0 atom stereocenters. The third-order valence-electron chi connectivity index (χ3n) is 10.8. The molecular formula is C58H50N2. The number of rotatable bonds is 15. The molecule has 0 aliphatic rings. The Morgan fingerprint density at radius 3 is 1.37 bits per heavy atom. The minimum Gasteiger partial charge on any atom is -0.355 e. The first kappa shape index (κ1) is 39.4. The van der Waals surface area contributed by atoms with Gasteiger partial charge in [0.25, 0.3) is 0 Å². The monoisotopic (exact) mass is 774 g/mol. The van der Waals surface area contributed by atoms with Gasteiger partial charge in [-0.25, -0.2) is 0 Å². The van der Waals surface area contributed by atoms with E-state index in [1.807, 2.05) is 6.08 Å². The second-order valence-corrected chi connectivity index (χ2v) is 14.9. The third-order valence-corrected chi connectivity index (χ3v) is 10.8. The molecule has 0 saturated carbocycles. The lowest BCUT2D eigenvalue weighted by Gasteiger charge is -2.27. The number of nitrogens with zero attached hydrogens (tertiary/aromatic N) is 1. The maximum atomic E-state index is 3.99. The summed E-state index contributed by atoms with van der Waals surface area (Å²) in [5, 5.41) is 3.79. The summed E-state index contributed by atoms with van der Waals surface area (Å²) >= 11 is 0. The van der Waals surface area contributed by atoms with Crippen molar-refractivity contribution in [2.75, 3.05) is 10.2 Å². The molecule has 8 aromatic rings. The quantitative estimate of drug-likeness (QED) is 0.0824. The van der Waals surface area contributed by atoms with Gasteiger partial charge in [0.05, 0.1) is 0 Å². The molecule has 0 aromatic heterocycles. The Kier molecular flexibility index (Phi) is 12.7. The number of anilines is 5. The van der Waals surface area contributed by atoms with Crippen molar-refractivity contribution in [1.29, 1.82) is 0 Å². The summed E-state index contributed by atoms with van der Waals surface area (Å²) < 4.78 is 0. The van der Waals surface area contributed by atoms with E-state index < -0.39 is 0 Å². The number of allylic oxidation sites excluding steroid dienone is 5. The van der Waals surface area contributed by atoms with Crippen LogP contribution < -0.4 is 10.2 Å². The van der Waals surface area contributed by atoms with Crippen molar-refractivity contribution in [3.05, 3.63) is 243 Å². The molecule has 0 spiro atoms. The third kappa shape index (κ3) is 9.64. The van der Waals surface area contributed by atoms with Crippen LogP contribution in [0.25, 0.3) is 50.1 Å². The topological polar surface area (TPSA) is 15.3 Å². The van der Waals surface area contributed by atoms with E-state index in [1.165, 1.54) is 44.5 Å². The molecule has 0 amide bonds. The number of benzene rings is 8. The van der Waals surface area contributed by atoms with E-state index in [9.17, 15) is 0 Å². The number of hydrogen-bond acceptors (Lipinski definition) is 2. The lowest BCUT2D eigenvalue weighted by atomic mass is 9.98. The summed E-state index contributed by atoms with van der Waals surface area (Å²) in [6.45, 7) is 6.16. The van der Waals surface area contributed by atoms with Crippen LogP contribution in [0.5, 0.6) is 0 Å². The second kappa shape index (κ2) is 19.4. The van der Waals surface area contributed by atoms with Crippen LogP contribution in [0.3, 0.4) is 0 Å². The van der Waals surface area contributed by atoms with Crippen LogP contribution in [0.1, 0.15) is 31.7 Å².